The average Bonchev–Trinajstić information content (AvgIpc) is 2.85. The summed E-state index contributed by atoms with van der Waals surface area (Å²) in [6.45, 7) is 0.499. The van der Waals surface area contributed by atoms with E-state index in [0.717, 1.165) is 6.42 Å². The second kappa shape index (κ2) is 6.01. The van der Waals surface area contributed by atoms with Gasteiger partial charge in [-0.2, -0.15) is 0 Å². The van der Waals surface area contributed by atoms with Crippen LogP contribution in [-0.4, -0.2) is 12.6 Å². The Kier molecular flexibility index (Phi) is 4.37. The van der Waals surface area contributed by atoms with Crippen LogP contribution in [-0.2, 0) is 0 Å². The maximum Gasteiger partial charge on any atom is 0.165 e. The third kappa shape index (κ3) is 3.43. The molecule has 0 bridgehead atoms. The molecule has 0 spiro atoms. The molecule has 0 aromatic heterocycles. The molecule has 0 amide bonds. The van der Waals surface area contributed by atoms with E-state index in [4.69, 9.17) is 10.5 Å². The fourth-order valence-corrected chi connectivity index (χ4v) is 2.49. The Balaban J connectivity index is 1.74. The standard InChI is InChI=1S/C14H20FNO/c15-12-7-3-4-8-14(12)17-10-9-13(16)11-5-1-2-6-11/h3-4,7-8,11,13H,1-2,5-6,9-10,16H2. The Labute approximate surface area is 102 Å². The van der Waals surface area contributed by atoms with Crippen LogP contribution >= 0.6 is 0 Å². The van der Waals surface area contributed by atoms with Gasteiger partial charge in [0.25, 0.3) is 0 Å². The van der Waals surface area contributed by atoms with E-state index >= 15 is 0 Å². The lowest BCUT2D eigenvalue weighted by Crippen LogP contribution is -2.30. The number of hydrogen-bond donors (Lipinski definition) is 1. The van der Waals surface area contributed by atoms with E-state index in [0.29, 0.717) is 18.3 Å². The summed E-state index contributed by atoms with van der Waals surface area (Å²) >= 11 is 0. The minimum atomic E-state index is -0.304. The van der Waals surface area contributed by atoms with Gasteiger partial charge in [-0.3, -0.25) is 0 Å². The number of rotatable bonds is 5. The number of para-hydroxylation sites is 1. The predicted octanol–water partition coefficient (Wildman–Crippen LogP) is 3.11. The highest BCUT2D eigenvalue weighted by Crippen LogP contribution is 2.28. The summed E-state index contributed by atoms with van der Waals surface area (Å²) in [7, 11) is 0. The van der Waals surface area contributed by atoms with Gasteiger partial charge in [0.2, 0.25) is 0 Å². The Hall–Kier alpha value is -1.09. The molecule has 1 aromatic carbocycles. The van der Waals surface area contributed by atoms with Crippen LogP contribution in [0.2, 0.25) is 0 Å². The first-order valence-corrected chi connectivity index (χ1v) is 6.40. The lowest BCUT2D eigenvalue weighted by molar-refractivity contribution is 0.264. The lowest BCUT2D eigenvalue weighted by atomic mass is 9.97. The molecule has 0 saturated heterocycles. The van der Waals surface area contributed by atoms with Gasteiger partial charge in [0.05, 0.1) is 6.61 Å². The number of benzene rings is 1. The molecule has 0 heterocycles. The molecular weight excluding hydrogens is 217 g/mol. The summed E-state index contributed by atoms with van der Waals surface area (Å²) in [5.41, 5.74) is 6.11. The van der Waals surface area contributed by atoms with Crippen molar-refractivity contribution in [2.24, 2.45) is 11.7 Å². The van der Waals surface area contributed by atoms with Crippen LogP contribution in [0.15, 0.2) is 24.3 Å². The van der Waals surface area contributed by atoms with Crippen molar-refractivity contribution in [2.75, 3.05) is 6.61 Å². The fourth-order valence-electron chi connectivity index (χ4n) is 2.49. The zero-order valence-corrected chi connectivity index (χ0v) is 10.1. The van der Waals surface area contributed by atoms with E-state index in [9.17, 15) is 4.39 Å². The summed E-state index contributed by atoms with van der Waals surface area (Å²) in [4.78, 5) is 0. The Morgan fingerprint density at radius 3 is 2.71 bits per heavy atom. The van der Waals surface area contributed by atoms with Crippen molar-refractivity contribution < 1.29 is 9.13 Å². The van der Waals surface area contributed by atoms with Crippen molar-refractivity contribution >= 4 is 0 Å². The summed E-state index contributed by atoms with van der Waals surface area (Å²) in [6.07, 6.45) is 5.87. The molecule has 1 aliphatic carbocycles. The first kappa shape index (κ1) is 12.4. The minimum Gasteiger partial charge on any atom is -0.490 e. The summed E-state index contributed by atoms with van der Waals surface area (Å²) in [6, 6.07) is 6.69. The molecular formula is C14H20FNO. The Morgan fingerprint density at radius 1 is 1.29 bits per heavy atom. The molecule has 1 fully saturated rings. The van der Waals surface area contributed by atoms with Crippen LogP contribution in [0.5, 0.6) is 5.75 Å². The van der Waals surface area contributed by atoms with Crippen LogP contribution in [0.4, 0.5) is 4.39 Å². The molecule has 2 rings (SSSR count). The van der Waals surface area contributed by atoms with Crippen molar-refractivity contribution in [3.63, 3.8) is 0 Å². The van der Waals surface area contributed by atoms with Crippen molar-refractivity contribution in [3.05, 3.63) is 30.1 Å². The number of hydrogen-bond acceptors (Lipinski definition) is 2. The molecule has 1 saturated carbocycles. The van der Waals surface area contributed by atoms with Crippen LogP contribution in [0.25, 0.3) is 0 Å². The van der Waals surface area contributed by atoms with Crippen LogP contribution in [0.3, 0.4) is 0 Å². The van der Waals surface area contributed by atoms with Gasteiger partial charge >= 0.3 is 0 Å². The van der Waals surface area contributed by atoms with Gasteiger partial charge < -0.3 is 10.5 Å². The van der Waals surface area contributed by atoms with Gasteiger partial charge in [0, 0.05) is 6.04 Å². The number of halogens is 1. The summed E-state index contributed by atoms with van der Waals surface area (Å²) < 4.78 is 18.7. The van der Waals surface area contributed by atoms with Crippen molar-refractivity contribution in [1.82, 2.24) is 0 Å². The monoisotopic (exact) mass is 237 g/mol. The number of nitrogens with two attached hydrogens (primary N) is 1. The predicted molar refractivity (Wildman–Crippen MR) is 66.4 cm³/mol. The highest BCUT2D eigenvalue weighted by molar-refractivity contribution is 5.23. The average molecular weight is 237 g/mol. The van der Waals surface area contributed by atoms with Crippen molar-refractivity contribution in [2.45, 2.75) is 38.1 Å². The van der Waals surface area contributed by atoms with Gasteiger partial charge in [-0.15, -0.1) is 0 Å². The van der Waals surface area contributed by atoms with Gasteiger partial charge in [0.15, 0.2) is 11.6 Å². The molecule has 1 unspecified atom stereocenters. The van der Waals surface area contributed by atoms with E-state index in [-0.39, 0.29) is 11.9 Å². The maximum atomic E-state index is 13.3. The first-order chi connectivity index (χ1) is 8.27. The minimum absolute atomic E-state index is 0.198. The third-order valence-electron chi connectivity index (χ3n) is 3.55. The van der Waals surface area contributed by atoms with Gasteiger partial charge in [0.1, 0.15) is 0 Å². The largest absolute Gasteiger partial charge is 0.490 e. The molecule has 0 aliphatic heterocycles. The fraction of sp³-hybridized carbons (Fsp3) is 0.571. The molecule has 1 aliphatic rings. The molecule has 17 heavy (non-hydrogen) atoms. The lowest BCUT2D eigenvalue weighted by Gasteiger charge is -2.18. The number of ether oxygens (including phenoxy) is 1. The van der Waals surface area contributed by atoms with Crippen molar-refractivity contribution in [1.29, 1.82) is 0 Å². The zero-order chi connectivity index (χ0) is 12.1. The zero-order valence-electron chi connectivity index (χ0n) is 10.1. The topological polar surface area (TPSA) is 35.2 Å². The van der Waals surface area contributed by atoms with E-state index in [2.05, 4.69) is 0 Å². The highest BCUT2D eigenvalue weighted by Gasteiger charge is 2.21. The molecule has 1 atom stereocenters. The third-order valence-corrected chi connectivity index (χ3v) is 3.55. The van der Waals surface area contributed by atoms with Crippen molar-refractivity contribution in [3.8, 4) is 5.75 Å². The Bertz CT molecular complexity index is 350. The maximum absolute atomic E-state index is 13.3. The summed E-state index contributed by atoms with van der Waals surface area (Å²) in [5, 5.41) is 0. The SMILES string of the molecule is NC(CCOc1ccccc1F)C1CCCC1. The smallest absolute Gasteiger partial charge is 0.165 e. The quantitative estimate of drug-likeness (QED) is 0.854. The molecule has 1 aromatic rings. The summed E-state index contributed by atoms with van der Waals surface area (Å²) in [5.74, 6) is 0.660. The molecule has 2 N–H and O–H groups in total. The van der Waals surface area contributed by atoms with Crippen LogP contribution in [0, 0.1) is 11.7 Å². The van der Waals surface area contributed by atoms with E-state index < -0.39 is 0 Å². The van der Waals surface area contributed by atoms with Crippen LogP contribution in [0.1, 0.15) is 32.1 Å². The van der Waals surface area contributed by atoms with E-state index in [1.807, 2.05) is 0 Å². The molecule has 2 nitrogen and oxygen atoms in total. The molecule has 0 radical (unpaired) electrons. The second-order valence-electron chi connectivity index (χ2n) is 4.78. The van der Waals surface area contributed by atoms with Gasteiger partial charge in [-0.1, -0.05) is 25.0 Å². The van der Waals surface area contributed by atoms with E-state index in [1.54, 1.807) is 18.2 Å². The normalized spacial score (nSPS) is 18.2. The first-order valence-electron chi connectivity index (χ1n) is 6.40. The highest BCUT2D eigenvalue weighted by atomic mass is 19.1. The van der Waals surface area contributed by atoms with E-state index in [1.165, 1.54) is 31.7 Å². The second-order valence-corrected chi connectivity index (χ2v) is 4.78. The molecule has 94 valence electrons. The van der Waals surface area contributed by atoms with Crippen LogP contribution < -0.4 is 10.5 Å². The van der Waals surface area contributed by atoms with Gasteiger partial charge in [-0.25, -0.2) is 4.39 Å². The molecule has 3 heteroatoms. The Morgan fingerprint density at radius 2 is 2.00 bits per heavy atom. The van der Waals surface area contributed by atoms with Gasteiger partial charge in [-0.05, 0) is 37.3 Å².